The van der Waals surface area contributed by atoms with E-state index in [9.17, 15) is 71.2 Å². The largest absolute Gasteiger partial charge is 0.394 e. The number of carbonyl (C=O) groups is 1. The maximum atomic E-state index is 11.8. The topological polar surface area (TPSA) is 357 Å². The maximum Gasteiger partial charge on any atom is 0.217 e. The van der Waals surface area contributed by atoms with Crippen LogP contribution in [0.15, 0.2) is 0 Å². The van der Waals surface area contributed by atoms with E-state index in [0.29, 0.717) is 0 Å². The molecular weight excluding hydrogens is 662 g/mol. The van der Waals surface area contributed by atoms with Gasteiger partial charge in [0.15, 0.2) is 25.2 Å². The number of hydrogen-bond donors (Lipinski definition) is 14. The zero-order valence-corrected chi connectivity index (χ0v) is 25.5. The average molecular weight is 708 g/mol. The van der Waals surface area contributed by atoms with Gasteiger partial charge in [-0.25, -0.2) is 0 Å². The van der Waals surface area contributed by atoms with Crippen LogP contribution in [0.5, 0.6) is 0 Å². The molecule has 1 amide bonds. The average Bonchev–Trinajstić information content (AvgIpc) is 3.06. The molecule has 0 aromatic rings. The van der Waals surface area contributed by atoms with E-state index < -0.39 is 155 Å². The molecule has 4 heterocycles. The lowest BCUT2D eigenvalue weighted by Gasteiger charge is -2.49. The maximum absolute atomic E-state index is 11.8. The molecular formula is C26H45NO21. The molecule has 0 bridgehead atoms. The molecule has 0 aromatic carbocycles. The summed E-state index contributed by atoms with van der Waals surface area (Å²) in [6.45, 7) is -2.35. The highest BCUT2D eigenvalue weighted by atomic mass is 16.8. The molecule has 0 saturated carbocycles. The molecule has 4 saturated heterocycles. The van der Waals surface area contributed by atoms with E-state index >= 15 is 0 Å². The molecule has 22 heteroatoms. The second-order valence-electron chi connectivity index (χ2n) is 11.9. The number of carbonyl (C=O) groups excluding carboxylic acids is 1. The smallest absolute Gasteiger partial charge is 0.217 e. The van der Waals surface area contributed by atoms with Gasteiger partial charge in [-0.05, 0) is 0 Å². The molecule has 0 unspecified atom stereocenters. The summed E-state index contributed by atoms with van der Waals surface area (Å²) in [5, 5.41) is 136. The van der Waals surface area contributed by atoms with Crippen LogP contribution in [0.3, 0.4) is 0 Å². The van der Waals surface area contributed by atoms with Crippen LogP contribution in [0.1, 0.15) is 6.92 Å². The minimum Gasteiger partial charge on any atom is -0.394 e. The zero-order chi connectivity index (χ0) is 35.6. The van der Waals surface area contributed by atoms with Gasteiger partial charge in [-0.3, -0.25) is 4.79 Å². The van der Waals surface area contributed by atoms with Crippen molar-refractivity contribution in [3.05, 3.63) is 0 Å². The Hall–Kier alpha value is -1.33. The Morgan fingerprint density at radius 2 is 0.938 bits per heavy atom. The summed E-state index contributed by atoms with van der Waals surface area (Å²) in [7, 11) is 0. The van der Waals surface area contributed by atoms with Crippen molar-refractivity contribution in [3.63, 3.8) is 0 Å². The predicted molar refractivity (Wildman–Crippen MR) is 145 cm³/mol. The van der Waals surface area contributed by atoms with Crippen LogP contribution in [0.25, 0.3) is 0 Å². The number of ether oxygens (including phenoxy) is 7. The Labute approximate surface area is 272 Å². The molecule has 20 atom stereocenters. The van der Waals surface area contributed by atoms with Gasteiger partial charge in [0.25, 0.3) is 0 Å². The molecule has 48 heavy (non-hydrogen) atoms. The SMILES string of the molecule is CC(=O)N[C@H]1[C@H](O[C@H]2[C@@H](O)[C@@H](CO)O[C@@H](O[C@@H]3[C@H](O)[C@@H](O)[C@H](O[C@@H]4[C@H](O)[C@@H](O)[C@H](O)O[C@@H]4CO)O[C@@H]3CO)[C@@H]2O)O[C@H](CO)[C@H](O)[C@@H]1O. The first-order valence-corrected chi connectivity index (χ1v) is 15.1. The molecule has 4 aliphatic rings. The minimum absolute atomic E-state index is 0.693. The number of hydrogen-bond acceptors (Lipinski definition) is 21. The van der Waals surface area contributed by atoms with Crippen LogP contribution in [0.4, 0.5) is 0 Å². The molecule has 0 radical (unpaired) electrons. The minimum atomic E-state index is -2.03. The fraction of sp³-hybridized carbons (Fsp3) is 0.962. The highest BCUT2D eigenvalue weighted by molar-refractivity contribution is 5.73. The van der Waals surface area contributed by atoms with Crippen molar-refractivity contribution in [1.29, 1.82) is 0 Å². The highest BCUT2D eigenvalue weighted by Crippen LogP contribution is 2.34. The van der Waals surface area contributed by atoms with Crippen LogP contribution in [-0.2, 0) is 38.0 Å². The summed E-state index contributed by atoms with van der Waals surface area (Å²) < 4.78 is 38.4. The first kappa shape index (κ1) is 39.5. The lowest BCUT2D eigenvalue weighted by atomic mass is 9.95. The molecule has 0 aliphatic carbocycles. The zero-order valence-electron chi connectivity index (χ0n) is 25.5. The van der Waals surface area contributed by atoms with Crippen molar-refractivity contribution in [2.24, 2.45) is 0 Å². The first-order valence-electron chi connectivity index (χ1n) is 15.1. The van der Waals surface area contributed by atoms with Crippen molar-refractivity contribution in [3.8, 4) is 0 Å². The second kappa shape index (κ2) is 16.8. The predicted octanol–water partition coefficient (Wildman–Crippen LogP) is -9.61. The van der Waals surface area contributed by atoms with E-state index in [-0.39, 0.29) is 0 Å². The normalized spacial score (nSPS) is 50.2. The van der Waals surface area contributed by atoms with Gasteiger partial charge < -0.3 is 105 Å². The van der Waals surface area contributed by atoms with E-state index in [1.165, 1.54) is 0 Å². The molecule has 4 rings (SSSR count). The number of nitrogens with one attached hydrogen (secondary N) is 1. The van der Waals surface area contributed by atoms with Gasteiger partial charge in [-0.15, -0.1) is 0 Å². The highest BCUT2D eigenvalue weighted by Gasteiger charge is 2.55. The van der Waals surface area contributed by atoms with Gasteiger partial charge in [-0.2, -0.15) is 0 Å². The van der Waals surface area contributed by atoms with Crippen molar-refractivity contribution >= 4 is 5.91 Å². The molecule has 280 valence electrons. The summed E-state index contributed by atoms with van der Waals surface area (Å²) in [5.74, 6) is -0.693. The van der Waals surface area contributed by atoms with Gasteiger partial charge in [-0.1, -0.05) is 0 Å². The quantitative estimate of drug-likeness (QED) is 0.0947. The second-order valence-corrected chi connectivity index (χ2v) is 11.9. The molecule has 22 nitrogen and oxygen atoms in total. The van der Waals surface area contributed by atoms with Crippen LogP contribution in [0, 0.1) is 0 Å². The Morgan fingerprint density at radius 1 is 0.500 bits per heavy atom. The van der Waals surface area contributed by atoms with Crippen molar-refractivity contribution in [2.75, 3.05) is 26.4 Å². The van der Waals surface area contributed by atoms with Gasteiger partial charge in [0.1, 0.15) is 97.6 Å². The van der Waals surface area contributed by atoms with Crippen LogP contribution in [-0.4, -0.2) is 221 Å². The fourth-order valence-corrected chi connectivity index (χ4v) is 5.95. The summed E-state index contributed by atoms with van der Waals surface area (Å²) in [6, 6.07) is -1.49. The Kier molecular flexibility index (Phi) is 13.8. The van der Waals surface area contributed by atoms with Crippen LogP contribution in [0.2, 0.25) is 0 Å². The van der Waals surface area contributed by atoms with E-state index in [1.54, 1.807) is 0 Å². The number of aliphatic hydroxyl groups is 13. The van der Waals surface area contributed by atoms with E-state index in [2.05, 4.69) is 5.32 Å². The molecule has 14 N–H and O–H groups in total. The standard InChI is InChI=1S/C26H45NO21/c1-6(32)27-11-14(35)12(33)7(2-28)43-24(11)48-22-13(34)8(3-29)44-26(19(22)40)47-21-10(5-31)45-25(18(39)16(21)37)46-20-9(4-30)42-23(41)17(38)15(20)36/h7-26,28-31,33-41H,2-5H2,1H3,(H,27,32)/t7-,8-,9-,10-,11-,12+,13+,14-,15-,16-,17-,18-,19-,20+,21+,22+,23-,24+,25+,26+/m1/s1. The molecule has 0 spiro atoms. The monoisotopic (exact) mass is 707 g/mol. The van der Waals surface area contributed by atoms with Gasteiger partial charge in [0.2, 0.25) is 5.91 Å². The Balaban J connectivity index is 1.51. The Morgan fingerprint density at radius 3 is 1.48 bits per heavy atom. The molecule has 0 aromatic heterocycles. The third-order valence-electron chi connectivity index (χ3n) is 8.61. The summed E-state index contributed by atoms with van der Waals surface area (Å²) in [6.07, 6.45) is -33.5. The molecule has 4 aliphatic heterocycles. The Bertz CT molecular complexity index is 1030. The van der Waals surface area contributed by atoms with Gasteiger partial charge in [0, 0.05) is 6.92 Å². The number of aliphatic hydroxyl groups excluding tert-OH is 13. The van der Waals surface area contributed by atoms with E-state index in [0.717, 1.165) is 6.92 Å². The third kappa shape index (κ3) is 8.08. The van der Waals surface area contributed by atoms with Crippen LogP contribution < -0.4 is 5.32 Å². The van der Waals surface area contributed by atoms with Gasteiger partial charge in [0.05, 0.1) is 26.4 Å². The van der Waals surface area contributed by atoms with Crippen molar-refractivity contribution in [2.45, 2.75) is 130 Å². The van der Waals surface area contributed by atoms with E-state index in [1.807, 2.05) is 0 Å². The lowest BCUT2D eigenvalue weighted by molar-refractivity contribution is -0.385. The summed E-state index contributed by atoms with van der Waals surface area (Å²) in [4.78, 5) is 11.8. The van der Waals surface area contributed by atoms with Gasteiger partial charge >= 0.3 is 0 Å². The lowest BCUT2D eigenvalue weighted by Crippen LogP contribution is -2.69. The number of amides is 1. The van der Waals surface area contributed by atoms with Crippen molar-refractivity contribution in [1.82, 2.24) is 5.32 Å². The first-order chi connectivity index (χ1) is 22.7. The molecule has 4 fully saturated rings. The van der Waals surface area contributed by atoms with Crippen molar-refractivity contribution < 1.29 is 104 Å². The number of rotatable bonds is 11. The fourth-order valence-electron chi connectivity index (χ4n) is 5.95. The summed E-state index contributed by atoms with van der Waals surface area (Å²) >= 11 is 0. The third-order valence-corrected chi connectivity index (χ3v) is 8.61. The summed E-state index contributed by atoms with van der Waals surface area (Å²) in [5.41, 5.74) is 0. The van der Waals surface area contributed by atoms with E-state index in [4.69, 9.17) is 33.2 Å². The van der Waals surface area contributed by atoms with Crippen LogP contribution >= 0.6 is 0 Å².